The molecule has 0 fully saturated rings. The highest BCUT2D eigenvalue weighted by Crippen LogP contribution is 2.22. The number of hydrogen-bond donors (Lipinski definition) is 0. The SMILES string of the molecule is CCCC(CCC(=O)C(C)C)[N+](C)(C)C(C)C. The van der Waals surface area contributed by atoms with Crippen molar-refractivity contribution in [1.29, 1.82) is 0 Å². The van der Waals surface area contributed by atoms with Crippen molar-refractivity contribution in [3.8, 4) is 0 Å². The van der Waals surface area contributed by atoms with E-state index in [9.17, 15) is 4.79 Å². The molecule has 2 nitrogen and oxygen atoms in total. The number of carbonyl (C=O) groups is 1. The van der Waals surface area contributed by atoms with Gasteiger partial charge in [-0.1, -0.05) is 27.2 Å². The Kier molecular flexibility index (Phi) is 6.99. The van der Waals surface area contributed by atoms with Crippen LogP contribution >= 0.6 is 0 Å². The number of nitrogens with zero attached hydrogens (tertiary/aromatic N) is 1. The summed E-state index contributed by atoms with van der Waals surface area (Å²) in [6.45, 7) is 10.8. The molecule has 0 heterocycles. The number of rotatable bonds is 8. The summed E-state index contributed by atoms with van der Waals surface area (Å²) in [5.41, 5.74) is 0. The van der Waals surface area contributed by atoms with Gasteiger partial charge >= 0.3 is 0 Å². The molecule has 1 unspecified atom stereocenters. The predicted molar refractivity (Wildman–Crippen MR) is 75.0 cm³/mol. The Bertz CT molecular complexity index is 231. The topological polar surface area (TPSA) is 17.1 Å². The van der Waals surface area contributed by atoms with Gasteiger partial charge in [0, 0.05) is 18.8 Å². The molecule has 0 aliphatic carbocycles. The van der Waals surface area contributed by atoms with Gasteiger partial charge in [-0.25, -0.2) is 0 Å². The Hall–Kier alpha value is -0.370. The van der Waals surface area contributed by atoms with Gasteiger partial charge in [-0.15, -0.1) is 0 Å². The van der Waals surface area contributed by atoms with Crippen molar-refractivity contribution in [2.24, 2.45) is 5.92 Å². The van der Waals surface area contributed by atoms with Crippen molar-refractivity contribution in [1.82, 2.24) is 0 Å². The highest BCUT2D eigenvalue weighted by atomic mass is 16.1. The highest BCUT2D eigenvalue weighted by Gasteiger charge is 2.30. The van der Waals surface area contributed by atoms with Crippen LogP contribution in [-0.2, 0) is 4.79 Å². The van der Waals surface area contributed by atoms with Crippen molar-refractivity contribution in [3.05, 3.63) is 0 Å². The smallest absolute Gasteiger partial charge is 0.135 e. The van der Waals surface area contributed by atoms with Gasteiger partial charge in [0.2, 0.25) is 0 Å². The normalized spacial score (nSPS) is 14.4. The van der Waals surface area contributed by atoms with E-state index in [4.69, 9.17) is 0 Å². The summed E-state index contributed by atoms with van der Waals surface area (Å²) in [6, 6.07) is 1.23. The van der Waals surface area contributed by atoms with Crippen LogP contribution in [0.4, 0.5) is 0 Å². The van der Waals surface area contributed by atoms with Crippen LogP contribution < -0.4 is 0 Å². The van der Waals surface area contributed by atoms with Crippen molar-refractivity contribution in [2.45, 2.75) is 72.4 Å². The standard InChI is InChI=1S/C15H32NO/c1-8-9-14(16(6,7)13(4)5)10-11-15(17)12(2)3/h12-14H,8-11H2,1-7H3/q+1. The Morgan fingerprint density at radius 3 is 1.94 bits per heavy atom. The molecular formula is C15H32NO+. The average Bonchev–Trinajstić information content (AvgIpc) is 2.22. The Labute approximate surface area is 108 Å². The summed E-state index contributed by atoms with van der Waals surface area (Å²) < 4.78 is 1.03. The molecule has 0 amide bonds. The molecule has 0 radical (unpaired) electrons. The number of carbonyl (C=O) groups excluding carboxylic acids is 1. The predicted octanol–water partition coefficient (Wildman–Crippen LogP) is 3.65. The van der Waals surface area contributed by atoms with Gasteiger partial charge in [0.05, 0.1) is 26.2 Å². The van der Waals surface area contributed by atoms with Crippen molar-refractivity contribution in [3.63, 3.8) is 0 Å². The first-order valence-electron chi connectivity index (χ1n) is 7.09. The van der Waals surface area contributed by atoms with E-state index in [1.54, 1.807) is 0 Å². The zero-order valence-electron chi connectivity index (χ0n) is 12.9. The molecule has 17 heavy (non-hydrogen) atoms. The Morgan fingerprint density at radius 2 is 1.59 bits per heavy atom. The van der Waals surface area contributed by atoms with Crippen molar-refractivity contribution >= 4 is 5.78 Å². The number of hydrogen-bond acceptors (Lipinski definition) is 1. The summed E-state index contributed by atoms with van der Waals surface area (Å²) in [7, 11) is 4.59. The zero-order chi connectivity index (χ0) is 13.6. The van der Waals surface area contributed by atoms with Crippen LogP contribution in [0.25, 0.3) is 0 Å². The average molecular weight is 242 g/mol. The molecule has 0 aromatic heterocycles. The van der Waals surface area contributed by atoms with E-state index in [1.807, 2.05) is 13.8 Å². The first kappa shape index (κ1) is 16.6. The second kappa shape index (κ2) is 7.15. The summed E-state index contributed by atoms with van der Waals surface area (Å²) >= 11 is 0. The molecule has 0 rings (SSSR count). The summed E-state index contributed by atoms with van der Waals surface area (Å²) in [5.74, 6) is 0.599. The minimum atomic E-state index is 0.187. The largest absolute Gasteiger partial charge is 0.324 e. The Balaban J connectivity index is 4.49. The zero-order valence-corrected chi connectivity index (χ0v) is 12.9. The molecule has 0 aromatic rings. The molecule has 0 bridgehead atoms. The van der Waals surface area contributed by atoms with Gasteiger partial charge in [0.15, 0.2) is 0 Å². The molecular weight excluding hydrogens is 210 g/mol. The third-order valence-electron chi connectivity index (χ3n) is 4.26. The lowest BCUT2D eigenvalue weighted by molar-refractivity contribution is -0.935. The first-order valence-corrected chi connectivity index (χ1v) is 7.09. The minimum Gasteiger partial charge on any atom is -0.324 e. The van der Waals surface area contributed by atoms with Gasteiger partial charge in [0.25, 0.3) is 0 Å². The van der Waals surface area contributed by atoms with Crippen molar-refractivity contribution < 1.29 is 9.28 Å². The lowest BCUT2D eigenvalue weighted by atomic mass is 9.96. The van der Waals surface area contributed by atoms with E-state index < -0.39 is 0 Å². The quantitative estimate of drug-likeness (QED) is 0.594. The lowest BCUT2D eigenvalue weighted by Crippen LogP contribution is -2.53. The van der Waals surface area contributed by atoms with E-state index in [1.165, 1.54) is 12.8 Å². The van der Waals surface area contributed by atoms with Crippen LogP contribution in [0.2, 0.25) is 0 Å². The third-order valence-corrected chi connectivity index (χ3v) is 4.26. The fourth-order valence-corrected chi connectivity index (χ4v) is 2.16. The molecule has 0 saturated carbocycles. The minimum absolute atomic E-state index is 0.187. The van der Waals surface area contributed by atoms with Crippen LogP contribution in [0.5, 0.6) is 0 Å². The molecule has 0 spiro atoms. The van der Waals surface area contributed by atoms with E-state index in [0.29, 0.717) is 17.9 Å². The maximum atomic E-state index is 11.7. The molecule has 1 atom stereocenters. The molecule has 0 saturated heterocycles. The van der Waals surface area contributed by atoms with Gasteiger partial charge in [-0.3, -0.25) is 4.79 Å². The van der Waals surface area contributed by atoms with Gasteiger partial charge in [-0.05, 0) is 20.3 Å². The molecule has 102 valence electrons. The van der Waals surface area contributed by atoms with E-state index >= 15 is 0 Å². The van der Waals surface area contributed by atoms with Gasteiger partial charge in [0.1, 0.15) is 5.78 Å². The van der Waals surface area contributed by atoms with Crippen LogP contribution in [0.15, 0.2) is 0 Å². The lowest BCUT2D eigenvalue weighted by Gasteiger charge is -2.42. The fourth-order valence-electron chi connectivity index (χ4n) is 2.16. The maximum Gasteiger partial charge on any atom is 0.135 e. The van der Waals surface area contributed by atoms with Crippen LogP contribution in [0, 0.1) is 5.92 Å². The van der Waals surface area contributed by atoms with Gasteiger partial charge in [-0.2, -0.15) is 0 Å². The summed E-state index contributed by atoms with van der Waals surface area (Å²) in [5, 5.41) is 0. The van der Waals surface area contributed by atoms with Crippen LogP contribution in [-0.4, -0.2) is 36.4 Å². The number of quaternary nitrogens is 1. The molecule has 0 N–H and O–H groups in total. The summed E-state index contributed by atoms with van der Waals surface area (Å²) in [6.07, 6.45) is 4.21. The molecule has 0 aliphatic rings. The number of ketones is 1. The van der Waals surface area contributed by atoms with Crippen LogP contribution in [0.3, 0.4) is 0 Å². The second-order valence-electron chi connectivity index (χ2n) is 6.33. The third kappa shape index (κ3) is 5.20. The van der Waals surface area contributed by atoms with E-state index in [0.717, 1.165) is 17.3 Å². The van der Waals surface area contributed by atoms with Gasteiger partial charge < -0.3 is 4.48 Å². The Morgan fingerprint density at radius 1 is 1.06 bits per heavy atom. The highest BCUT2D eigenvalue weighted by molar-refractivity contribution is 5.80. The van der Waals surface area contributed by atoms with E-state index in [2.05, 4.69) is 34.9 Å². The molecule has 2 heteroatoms. The monoisotopic (exact) mass is 242 g/mol. The first-order chi connectivity index (χ1) is 7.73. The van der Waals surface area contributed by atoms with E-state index in [-0.39, 0.29) is 5.92 Å². The second-order valence-corrected chi connectivity index (χ2v) is 6.33. The van der Waals surface area contributed by atoms with Crippen molar-refractivity contribution in [2.75, 3.05) is 14.1 Å². The van der Waals surface area contributed by atoms with Crippen LogP contribution in [0.1, 0.15) is 60.3 Å². The fraction of sp³-hybridized carbons (Fsp3) is 0.933. The summed E-state index contributed by atoms with van der Waals surface area (Å²) in [4.78, 5) is 11.7. The maximum absolute atomic E-state index is 11.7. The molecule has 0 aromatic carbocycles. The molecule has 0 aliphatic heterocycles. The number of Topliss-reactive ketones (excluding diaryl/α,β-unsaturated/α-hetero) is 1.